The van der Waals surface area contributed by atoms with Crippen molar-refractivity contribution < 1.29 is 13.9 Å². The van der Waals surface area contributed by atoms with Crippen LogP contribution in [0, 0.1) is 5.82 Å². The van der Waals surface area contributed by atoms with Gasteiger partial charge in [-0.1, -0.05) is 25.4 Å². The summed E-state index contributed by atoms with van der Waals surface area (Å²) in [6, 6.07) is 5.89. The Morgan fingerprint density at radius 2 is 2.00 bits per heavy atom. The summed E-state index contributed by atoms with van der Waals surface area (Å²) < 4.78 is 19.1. The predicted molar refractivity (Wildman–Crippen MR) is 115 cm³/mol. The van der Waals surface area contributed by atoms with Crippen LogP contribution in [-0.4, -0.2) is 28.0 Å². The van der Waals surface area contributed by atoms with Gasteiger partial charge in [-0.25, -0.2) is 19.2 Å². The van der Waals surface area contributed by atoms with Gasteiger partial charge in [-0.05, 0) is 43.0 Å². The molecular weight excluding hydrogens is 407 g/mol. The number of ether oxygens (including phenoxy) is 1. The third-order valence-corrected chi connectivity index (χ3v) is 4.72. The summed E-state index contributed by atoms with van der Waals surface area (Å²) >= 11 is 6.00. The lowest BCUT2D eigenvalue weighted by atomic mass is 10.1. The van der Waals surface area contributed by atoms with Crippen LogP contribution in [0.25, 0.3) is 11.4 Å². The number of nitrogens with zero attached hydrogens (tertiary/aromatic N) is 3. The van der Waals surface area contributed by atoms with Crippen LogP contribution < -0.4 is 5.32 Å². The van der Waals surface area contributed by atoms with E-state index in [9.17, 15) is 9.18 Å². The molecule has 6 nitrogen and oxygen atoms in total. The highest BCUT2D eigenvalue weighted by Crippen LogP contribution is 2.43. The van der Waals surface area contributed by atoms with Gasteiger partial charge in [0.1, 0.15) is 17.2 Å². The van der Waals surface area contributed by atoms with Crippen LogP contribution in [0.4, 0.5) is 15.9 Å². The fourth-order valence-electron chi connectivity index (χ4n) is 2.89. The number of benzene rings is 1. The zero-order chi connectivity index (χ0) is 21.7. The molecule has 1 aliphatic carbocycles. The van der Waals surface area contributed by atoms with Gasteiger partial charge in [-0.3, -0.25) is 4.98 Å². The predicted octanol–water partition coefficient (Wildman–Crippen LogP) is 5.76. The van der Waals surface area contributed by atoms with Gasteiger partial charge >= 0.3 is 5.97 Å². The van der Waals surface area contributed by atoms with E-state index in [2.05, 4.69) is 20.3 Å². The van der Waals surface area contributed by atoms with Crippen molar-refractivity contribution in [1.82, 2.24) is 15.0 Å². The lowest BCUT2D eigenvalue weighted by Gasteiger charge is -2.14. The largest absolute Gasteiger partial charge is 0.465 e. The van der Waals surface area contributed by atoms with Crippen molar-refractivity contribution in [1.29, 1.82) is 0 Å². The highest BCUT2D eigenvalue weighted by molar-refractivity contribution is 6.30. The molecule has 2 heterocycles. The molecule has 0 atom stereocenters. The fourth-order valence-corrected chi connectivity index (χ4v) is 3.06. The van der Waals surface area contributed by atoms with E-state index in [1.165, 1.54) is 31.5 Å². The number of esters is 1. The number of aromatic nitrogens is 3. The summed E-state index contributed by atoms with van der Waals surface area (Å²) in [5, 5.41) is 3.57. The number of hydrogen-bond donors (Lipinski definition) is 1. The monoisotopic (exact) mass is 428 g/mol. The smallest absolute Gasteiger partial charge is 0.341 e. The van der Waals surface area contributed by atoms with Gasteiger partial charge in [0.25, 0.3) is 0 Å². The van der Waals surface area contributed by atoms with E-state index in [1.807, 2.05) is 13.8 Å². The molecule has 1 N–H and O–H groups in total. The molecule has 0 aliphatic heterocycles. The fraction of sp³-hybridized carbons (Fsp3) is 0.273. The Labute approximate surface area is 179 Å². The average Bonchev–Trinajstić information content (AvgIpc) is 3.62. The molecule has 1 fully saturated rings. The zero-order valence-corrected chi connectivity index (χ0v) is 17.7. The third-order valence-electron chi connectivity index (χ3n) is 4.48. The number of pyridine rings is 1. The topological polar surface area (TPSA) is 77.0 Å². The molecule has 0 amide bonds. The molecule has 0 bridgehead atoms. The van der Waals surface area contributed by atoms with Gasteiger partial charge in [0.05, 0.1) is 18.4 Å². The minimum atomic E-state index is -0.515. The Morgan fingerprint density at radius 3 is 2.70 bits per heavy atom. The molecule has 0 spiro atoms. The average molecular weight is 429 g/mol. The first kappa shape index (κ1) is 21.6. The van der Waals surface area contributed by atoms with Crippen molar-refractivity contribution in [3.63, 3.8) is 0 Å². The van der Waals surface area contributed by atoms with E-state index < -0.39 is 11.8 Å². The van der Waals surface area contributed by atoms with E-state index in [4.69, 9.17) is 16.3 Å². The number of methoxy groups -OCH3 is 1. The molecule has 0 saturated heterocycles. The van der Waals surface area contributed by atoms with E-state index >= 15 is 0 Å². The number of carbonyl (C=O) groups excluding carboxylic acids is 1. The molecule has 1 saturated carbocycles. The van der Waals surface area contributed by atoms with Crippen molar-refractivity contribution in [2.75, 3.05) is 12.4 Å². The van der Waals surface area contributed by atoms with Gasteiger partial charge < -0.3 is 10.1 Å². The summed E-state index contributed by atoms with van der Waals surface area (Å²) in [6.45, 7) is 4.00. The highest BCUT2D eigenvalue weighted by atomic mass is 35.5. The molecule has 3 aromatic rings. The van der Waals surface area contributed by atoms with E-state index in [1.54, 1.807) is 18.5 Å². The molecule has 0 radical (unpaired) electrons. The van der Waals surface area contributed by atoms with Crippen LogP contribution >= 0.6 is 11.6 Å². The second-order valence-corrected chi connectivity index (χ2v) is 6.87. The van der Waals surface area contributed by atoms with Crippen LogP contribution in [0.3, 0.4) is 0 Å². The molecule has 30 heavy (non-hydrogen) atoms. The number of rotatable bonds is 5. The number of carbonyl (C=O) groups is 1. The Balaban J connectivity index is 0.00000124. The third kappa shape index (κ3) is 4.74. The maximum absolute atomic E-state index is 14.3. The first-order valence-corrected chi connectivity index (χ1v) is 10.1. The number of hydrogen-bond acceptors (Lipinski definition) is 6. The van der Waals surface area contributed by atoms with Crippen LogP contribution in [0.15, 0.2) is 42.9 Å². The van der Waals surface area contributed by atoms with Crippen molar-refractivity contribution >= 4 is 29.1 Å². The first-order chi connectivity index (χ1) is 14.6. The van der Waals surface area contributed by atoms with Crippen molar-refractivity contribution in [2.45, 2.75) is 32.6 Å². The summed E-state index contributed by atoms with van der Waals surface area (Å²) in [7, 11) is 1.31. The SMILES string of the molecule is CC.COC(=O)c1cnccc1Nc1nc(-c2cc(Cl)ccc2F)ncc1C1CC1. The summed E-state index contributed by atoms with van der Waals surface area (Å²) in [4.78, 5) is 24.9. The van der Waals surface area contributed by atoms with Gasteiger partial charge in [0, 0.05) is 29.2 Å². The summed E-state index contributed by atoms with van der Waals surface area (Å²) in [5.74, 6) is 0.0837. The van der Waals surface area contributed by atoms with Gasteiger partial charge in [0.2, 0.25) is 0 Å². The first-order valence-electron chi connectivity index (χ1n) is 9.68. The lowest BCUT2D eigenvalue weighted by molar-refractivity contribution is 0.0601. The van der Waals surface area contributed by atoms with Crippen molar-refractivity contribution in [3.05, 3.63) is 64.8 Å². The van der Waals surface area contributed by atoms with E-state index in [0.29, 0.717) is 22.4 Å². The van der Waals surface area contributed by atoms with Crippen LogP contribution in [0.5, 0.6) is 0 Å². The van der Waals surface area contributed by atoms with Gasteiger partial charge in [-0.15, -0.1) is 0 Å². The highest BCUT2D eigenvalue weighted by Gasteiger charge is 2.28. The maximum atomic E-state index is 14.3. The second-order valence-electron chi connectivity index (χ2n) is 6.43. The minimum Gasteiger partial charge on any atom is -0.465 e. The molecule has 0 unspecified atom stereocenters. The molecule has 1 aromatic carbocycles. The Bertz CT molecular complexity index is 1060. The lowest BCUT2D eigenvalue weighted by Crippen LogP contribution is -2.08. The maximum Gasteiger partial charge on any atom is 0.341 e. The van der Waals surface area contributed by atoms with Gasteiger partial charge in [-0.2, -0.15) is 0 Å². The van der Waals surface area contributed by atoms with Crippen LogP contribution in [-0.2, 0) is 4.74 Å². The van der Waals surface area contributed by atoms with Crippen LogP contribution in [0.2, 0.25) is 5.02 Å². The Hall–Kier alpha value is -3.06. The summed E-state index contributed by atoms with van der Waals surface area (Å²) in [5.41, 5.74) is 1.90. The van der Waals surface area contributed by atoms with E-state index in [0.717, 1.165) is 18.4 Å². The molecular formula is C22H22ClFN4O2. The summed E-state index contributed by atoms with van der Waals surface area (Å²) in [6.07, 6.45) is 6.74. The number of halogens is 2. The van der Waals surface area contributed by atoms with Crippen molar-refractivity contribution in [3.8, 4) is 11.4 Å². The molecule has 4 rings (SSSR count). The molecule has 8 heteroatoms. The van der Waals surface area contributed by atoms with E-state index in [-0.39, 0.29) is 17.0 Å². The molecule has 1 aliphatic rings. The normalized spacial score (nSPS) is 12.6. The quantitative estimate of drug-likeness (QED) is 0.520. The molecule has 156 valence electrons. The number of nitrogens with one attached hydrogen (secondary N) is 1. The van der Waals surface area contributed by atoms with Gasteiger partial charge in [0.15, 0.2) is 5.82 Å². The minimum absolute atomic E-state index is 0.209. The van der Waals surface area contributed by atoms with Crippen molar-refractivity contribution in [2.24, 2.45) is 0 Å². The Morgan fingerprint density at radius 1 is 1.23 bits per heavy atom. The number of anilines is 2. The Kier molecular flexibility index (Phi) is 6.95. The van der Waals surface area contributed by atoms with Crippen LogP contribution in [0.1, 0.15) is 48.5 Å². The zero-order valence-electron chi connectivity index (χ0n) is 16.9. The standard InChI is InChI=1S/C20H16ClFN4O2.C2H6/c1-28-20(27)15-9-23-7-6-17(15)25-19-14(11-2-3-11)10-24-18(26-19)13-8-12(21)4-5-16(13)22;1-2/h4-11H,2-3H2,1H3,(H,23,24,25,26);1-2H3. The second kappa shape index (κ2) is 9.63. The molecule has 2 aromatic heterocycles.